The lowest BCUT2D eigenvalue weighted by Crippen LogP contribution is -2.58. The Morgan fingerprint density at radius 3 is 2.48 bits per heavy atom. The van der Waals surface area contributed by atoms with Gasteiger partial charge in [0.15, 0.2) is 0 Å². The molecule has 6 heteroatoms. The SMILES string of the molecule is O=C(CCCN1CCCC1)N1CC[C@H](O)[C@](Cc2ccccc2)(C(=O)O)C1. The number of amides is 1. The average molecular weight is 374 g/mol. The molecule has 0 spiro atoms. The average Bonchev–Trinajstić information content (AvgIpc) is 3.17. The van der Waals surface area contributed by atoms with Crippen LogP contribution >= 0.6 is 0 Å². The zero-order valence-corrected chi connectivity index (χ0v) is 15.8. The molecule has 6 nitrogen and oxygen atoms in total. The summed E-state index contributed by atoms with van der Waals surface area (Å²) < 4.78 is 0. The van der Waals surface area contributed by atoms with Gasteiger partial charge in [0.1, 0.15) is 5.41 Å². The molecule has 27 heavy (non-hydrogen) atoms. The van der Waals surface area contributed by atoms with Crippen LogP contribution in [0.4, 0.5) is 0 Å². The Morgan fingerprint density at radius 1 is 1.11 bits per heavy atom. The van der Waals surface area contributed by atoms with Crippen LogP contribution in [0.2, 0.25) is 0 Å². The van der Waals surface area contributed by atoms with Gasteiger partial charge in [0.05, 0.1) is 6.10 Å². The first-order valence-corrected chi connectivity index (χ1v) is 9.97. The van der Waals surface area contributed by atoms with Crippen LogP contribution in [0.25, 0.3) is 0 Å². The van der Waals surface area contributed by atoms with Crippen molar-refractivity contribution in [2.75, 3.05) is 32.7 Å². The number of aliphatic carboxylic acids is 1. The fourth-order valence-corrected chi connectivity index (χ4v) is 4.33. The second-order valence-electron chi connectivity index (χ2n) is 7.90. The third kappa shape index (κ3) is 4.68. The highest BCUT2D eigenvalue weighted by Crippen LogP contribution is 2.35. The summed E-state index contributed by atoms with van der Waals surface area (Å²) in [5.74, 6) is -1.03. The number of aliphatic hydroxyl groups is 1. The van der Waals surface area contributed by atoms with E-state index in [4.69, 9.17) is 0 Å². The Hall–Kier alpha value is -1.92. The lowest BCUT2D eigenvalue weighted by atomic mass is 9.72. The van der Waals surface area contributed by atoms with E-state index >= 15 is 0 Å². The molecule has 1 aromatic rings. The summed E-state index contributed by atoms with van der Waals surface area (Å²) in [7, 11) is 0. The van der Waals surface area contributed by atoms with Crippen molar-refractivity contribution in [3.8, 4) is 0 Å². The largest absolute Gasteiger partial charge is 0.481 e. The topological polar surface area (TPSA) is 81.1 Å². The van der Waals surface area contributed by atoms with E-state index in [9.17, 15) is 19.8 Å². The minimum absolute atomic E-state index is 0.000200. The number of hydrogen-bond acceptors (Lipinski definition) is 4. The molecule has 2 saturated heterocycles. The summed E-state index contributed by atoms with van der Waals surface area (Å²) in [6.45, 7) is 3.65. The van der Waals surface area contributed by atoms with Crippen LogP contribution in [0.5, 0.6) is 0 Å². The van der Waals surface area contributed by atoms with Crippen molar-refractivity contribution in [2.24, 2.45) is 5.41 Å². The van der Waals surface area contributed by atoms with Gasteiger partial charge in [-0.2, -0.15) is 0 Å². The minimum Gasteiger partial charge on any atom is -0.481 e. The minimum atomic E-state index is -1.34. The van der Waals surface area contributed by atoms with Crippen LogP contribution in [0, 0.1) is 5.41 Å². The molecule has 0 bridgehead atoms. The predicted octanol–water partition coefficient (Wildman–Crippen LogP) is 1.77. The fourth-order valence-electron chi connectivity index (χ4n) is 4.33. The number of carboxylic acids is 1. The molecule has 2 fully saturated rings. The standard InChI is InChI=1S/C21H30N2O4/c24-18-10-14-23(19(25)9-6-13-22-11-4-5-12-22)16-21(18,20(26)27)15-17-7-2-1-3-8-17/h1-3,7-8,18,24H,4-6,9-16H2,(H,26,27)/t18-,21+/m0/s1. The molecule has 1 amide bonds. The molecule has 0 radical (unpaired) electrons. The van der Waals surface area contributed by atoms with E-state index in [1.165, 1.54) is 12.8 Å². The van der Waals surface area contributed by atoms with Gasteiger partial charge in [-0.25, -0.2) is 0 Å². The van der Waals surface area contributed by atoms with Crippen LogP contribution in [0.1, 0.15) is 37.7 Å². The summed E-state index contributed by atoms with van der Waals surface area (Å²) in [5.41, 5.74) is -0.480. The molecule has 1 aromatic carbocycles. The summed E-state index contributed by atoms with van der Waals surface area (Å²) >= 11 is 0. The number of rotatable bonds is 7. The molecule has 2 heterocycles. The molecule has 0 unspecified atom stereocenters. The monoisotopic (exact) mass is 374 g/mol. The van der Waals surface area contributed by atoms with Gasteiger partial charge in [0.2, 0.25) is 5.91 Å². The summed E-state index contributed by atoms with van der Waals surface area (Å²) in [6, 6.07) is 9.34. The molecule has 0 aliphatic carbocycles. The van der Waals surface area contributed by atoms with Gasteiger partial charge in [0.25, 0.3) is 0 Å². The van der Waals surface area contributed by atoms with Gasteiger partial charge in [0, 0.05) is 19.5 Å². The van der Waals surface area contributed by atoms with Crippen molar-refractivity contribution in [1.29, 1.82) is 0 Å². The second-order valence-corrected chi connectivity index (χ2v) is 7.90. The summed E-state index contributed by atoms with van der Waals surface area (Å²) in [5, 5.41) is 20.5. The molecule has 2 N–H and O–H groups in total. The first-order chi connectivity index (χ1) is 13.0. The first-order valence-electron chi connectivity index (χ1n) is 9.97. The maximum atomic E-state index is 12.7. The predicted molar refractivity (Wildman–Crippen MR) is 102 cm³/mol. The normalized spacial score (nSPS) is 26.3. The number of hydrogen-bond donors (Lipinski definition) is 2. The van der Waals surface area contributed by atoms with Crippen molar-refractivity contribution in [3.63, 3.8) is 0 Å². The number of benzene rings is 1. The maximum absolute atomic E-state index is 12.7. The van der Waals surface area contributed by atoms with Crippen LogP contribution < -0.4 is 0 Å². The third-order valence-corrected chi connectivity index (χ3v) is 5.99. The van der Waals surface area contributed by atoms with E-state index in [-0.39, 0.29) is 18.9 Å². The Morgan fingerprint density at radius 2 is 1.81 bits per heavy atom. The second kappa shape index (κ2) is 8.85. The number of carboxylic acid groups (broad SMARTS) is 1. The summed E-state index contributed by atoms with van der Waals surface area (Å²) in [6.07, 6.45) is 3.28. The number of nitrogens with zero attached hydrogens (tertiary/aromatic N) is 2. The lowest BCUT2D eigenvalue weighted by Gasteiger charge is -2.43. The van der Waals surface area contributed by atoms with Crippen molar-refractivity contribution < 1.29 is 19.8 Å². The van der Waals surface area contributed by atoms with Gasteiger partial charge in [-0.3, -0.25) is 9.59 Å². The molecule has 2 atom stereocenters. The highest BCUT2D eigenvalue weighted by molar-refractivity contribution is 5.80. The maximum Gasteiger partial charge on any atom is 0.314 e. The molecule has 0 aromatic heterocycles. The van der Waals surface area contributed by atoms with Crippen molar-refractivity contribution in [3.05, 3.63) is 35.9 Å². The van der Waals surface area contributed by atoms with Crippen LogP contribution in [0.3, 0.4) is 0 Å². The van der Waals surface area contributed by atoms with E-state index in [0.717, 1.165) is 31.6 Å². The van der Waals surface area contributed by atoms with E-state index in [1.54, 1.807) is 4.90 Å². The van der Waals surface area contributed by atoms with E-state index < -0.39 is 17.5 Å². The molecular formula is C21H30N2O4. The Bertz CT molecular complexity index is 645. The Kier molecular flexibility index (Phi) is 6.50. The van der Waals surface area contributed by atoms with Gasteiger partial charge in [-0.1, -0.05) is 30.3 Å². The highest BCUT2D eigenvalue weighted by Gasteiger charge is 2.50. The van der Waals surface area contributed by atoms with E-state index in [0.29, 0.717) is 19.4 Å². The number of aliphatic hydroxyl groups excluding tert-OH is 1. The van der Waals surface area contributed by atoms with Gasteiger partial charge < -0.3 is 20.0 Å². The fraction of sp³-hybridized carbons (Fsp3) is 0.619. The van der Waals surface area contributed by atoms with E-state index in [1.807, 2.05) is 30.3 Å². The van der Waals surface area contributed by atoms with Crippen LogP contribution in [-0.4, -0.2) is 70.7 Å². The molecule has 2 aliphatic rings. The summed E-state index contributed by atoms with van der Waals surface area (Å²) in [4.78, 5) is 28.8. The van der Waals surface area contributed by atoms with E-state index in [2.05, 4.69) is 4.90 Å². The first kappa shape index (κ1) is 19.8. The van der Waals surface area contributed by atoms with Gasteiger partial charge >= 0.3 is 5.97 Å². The number of piperidine rings is 1. The molecule has 3 rings (SSSR count). The Balaban J connectivity index is 1.63. The van der Waals surface area contributed by atoms with Gasteiger partial charge in [-0.05, 0) is 57.3 Å². The van der Waals surface area contributed by atoms with Crippen molar-refractivity contribution in [2.45, 2.75) is 44.6 Å². The quantitative estimate of drug-likeness (QED) is 0.760. The third-order valence-electron chi connectivity index (χ3n) is 5.99. The zero-order chi connectivity index (χ0) is 19.3. The Labute approximate surface area is 160 Å². The zero-order valence-electron chi connectivity index (χ0n) is 15.8. The molecule has 0 saturated carbocycles. The van der Waals surface area contributed by atoms with Crippen LogP contribution in [-0.2, 0) is 16.0 Å². The van der Waals surface area contributed by atoms with Crippen molar-refractivity contribution in [1.82, 2.24) is 9.80 Å². The van der Waals surface area contributed by atoms with Gasteiger partial charge in [-0.15, -0.1) is 0 Å². The van der Waals surface area contributed by atoms with Crippen molar-refractivity contribution >= 4 is 11.9 Å². The molecule has 148 valence electrons. The number of likely N-dealkylation sites (tertiary alicyclic amines) is 2. The number of carbonyl (C=O) groups excluding carboxylic acids is 1. The van der Waals surface area contributed by atoms with Crippen LogP contribution in [0.15, 0.2) is 30.3 Å². The molecule has 2 aliphatic heterocycles. The highest BCUT2D eigenvalue weighted by atomic mass is 16.4. The molecular weight excluding hydrogens is 344 g/mol. The smallest absolute Gasteiger partial charge is 0.314 e. The lowest BCUT2D eigenvalue weighted by molar-refractivity contribution is -0.165. The number of carbonyl (C=O) groups is 2.